The molecule has 1 saturated heterocycles. The molecular weight excluding hydrogens is 544 g/mol. The molecule has 0 unspecified atom stereocenters. The first-order chi connectivity index (χ1) is 19.0. The highest BCUT2D eigenvalue weighted by Crippen LogP contribution is 2.45. The average Bonchev–Trinajstić information content (AvgIpc) is 3.77. The van der Waals surface area contributed by atoms with E-state index in [9.17, 15) is 5.11 Å². The van der Waals surface area contributed by atoms with E-state index in [4.69, 9.17) is 33.1 Å². The number of methoxy groups -OCH3 is 2. The van der Waals surface area contributed by atoms with Crippen molar-refractivity contribution in [3.63, 3.8) is 0 Å². The summed E-state index contributed by atoms with van der Waals surface area (Å²) in [6, 6.07) is 5.54. The largest absolute Gasteiger partial charge is 0.496 e. The van der Waals surface area contributed by atoms with Crippen molar-refractivity contribution < 1.29 is 33.2 Å². The van der Waals surface area contributed by atoms with Crippen molar-refractivity contribution in [1.29, 1.82) is 0 Å². The van der Waals surface area contributed by atoms with Gasteiger partial charge in [0.25, 0.3) is 5.19 Å². The van der Waals surface area contributed by atoms with Gasteiger partial charge in [-0.2, -0.15) is 4.52 Å². The van der Waals surface area contributed by atoms with E-state index in [0.29, 0.717) is 82.6 Å². The number of furan rings is 1. The van der Waals surface area contributed by atoms with Crippen LogP contribution >= 0.6 is 22.7 Å². The van der Waals surface area contributed by atoms with Gasteiger partial charge in [-0.1, -0.05) is 0 Å². The summed E-state index contributed by atoms with van der Waals surface area (Å²) in [7, 11) is 3.17. The maximum atomic E-state index is 11.3. The lowest BCUT2D eigenvalue weighted by molar-refractivity contribution is -0.204. The Bertz CT molecular complexity index is 1640. The molecule has 1 aliphatic carbocycles. The summed E-state index contributed by atoms with van der Waals surface area (Å²) in [6.07, 6.45) is 4.10. The number of rotatable bonds is 7. The Hall–Kier alpha value is -3.23. The van der Waals surface area contributed by atoms with E-state index in [1.165, 1.54) is 22.7 Å². The standard InChI is InChI=1S/C26H26N4O7S2/c1-32-16-9-19(17-11-21(37-20(17)10-16)18-12-27-23-30(18)29-24(33-2)39-23)34-13-15-14-38-22(28-15)25(31)3-5-26(6-4-25)35-7-8-36-26/h9-12,14,31H,3-8,13H2,1-2H3. The fraction of sp³-hybridized carbons (Fsp3) is 0.423. The highest BCUT2D eigenvalue weighted by atomic mass is 32.1. The first kappa shape index (κ1) is 24.8. The molecule has 7 rings (SSSR count). The van der Waals surface area contributed by atoms with E-state index in [0.717, 1.165) is 11.1 Å². The molecule has 1 saturated carbocycles. The number of hydrogen-bond donors (Lipinski definition) is 1. The van der Waals surface area contributed by atoms with Crippen molar-refractivity contribution in [2.24, 2.45) is 0 Å². The van der Waals surface area contributed by atoms with Gasteiger partial charge in [0.15, 0.2) is 11.5 Å². The minimum absolute atomic E-state index is 0.228. The number of imidazole rings is 1. The van der Waals surface area contributed by atoms with Crippen molar-refractivity contribution in [2.75, 3.05) is 27.4 Å². The molecule has 2 fully saturated rings. The van der Waals surface area contributed by atoms with Crippen LogP contribution in [0.4, 0.5) is 0 Å². The van der Waals surface area contributed by atoms with Crippen LogP contribution in [0.5, 0.6) is 16.7 Å². The molecule has 0 radical (unpaired) electrons. The zero-order chi connectivity index (χ0) is 26.6. The molecule has 1 spiro atoms. The lowest BCUT2D eigenvalue weighted by atomic mass is 9.82. The van der Waals surface area contributed by atoms with Crippen molar-refractivity contribution in [3.05, 3.63) is 40.5 Å². The minimum atomic E-state index is -0.985. The summed E-state index contributed by atoms with van der Waals surface area (Å²) in [6.45, 7) is 1.45. The Morgan fingerprint density at radius 3 is 2.67 bits per heavy atom. The first-order valence-electron chi connectivity index (χ1n) is 12.6. The lowest BCUT2D eigenvalue weighted by Gasteiger charge is -2.39. The summed E-state index contributed by atoms with van der Waals surface area (Å²) in [5, 5.41) is 19.7. The molecule has 1 aliphatic heterocycles. The van der Waals surface area contributed by atoms with Crippen molar-refractivity contribution in [3.8, 4) is 28.1 Å². The predicted molar refractivity (Wildman–Crippen MR) is 143 cm³/mol. The SMILES string of the molecule is COc1cc(OCc2csc(C3(O)CCC4(CC3)OCCO4)n2)c2cc(-c3cnc4sc(OC)nn34)oc2c1. The minimum Gasteiger partial charge on any atom is -0.496 e. The fourth-order valence-electron chi connectivity index (χ4n) is 5.15. The Morgan fingerprint density at radius 2 is 1.90 bits per heavy atom. The van der Waals surface area contributed by atoms with E-state index in [1.54, 1.807) is 24.9 Å². The molecule has 204 valence electrons. The van der Waals surface area contributed by atoms with Crippen LogP contribution in [0, 0.1) is 0 Å². The van der Waals surface area contributed by atoms with Crippen molar-refractivity contribution in [1.82, 2.24) is 19.6 Å². The van der Waals surface area contributed by atoms with Crippen LogP contribution < -0.4 is 14.2 Å². The Balaban J connectivity index is 1.12. The number of hydrogen-bond acceptors (Lipinski definition) is 12. The molecule has 2 aliphatic rings. The van der Waals surface area contributed by atoms with Gasteiger partial charge in [0.2, 0.25) is 4.96 Å². The van der Waals surface area contributed by atoms with Gasteiger partial charge in [-0.15, -0.1) is 16.4 Å². The van der Waals surface area contributed by atoms with E-state index in [1.807, 2.05) is 23.6 Å². The maximum Gasteiger partial charge on any atom is 0.294 e. The van der Waals surface area contributed by atoms with Gasteiger partial charge in [0.1, 0.15) is 40.0 Å². The van der Waals surface area contributed by atoms with Crippen LogP contribution in [0.1, 0.15) is 36.4 Å². The zero-order valence-electron chi connectivity index (χ0n) is 21.3. The molecule has 0 atom stereocenters. The zero-order valence-corrected chi connectivity index (χ0v) is 23.0. The number of aliphatic hydroxyl groups is 1. The van der Waals surface area contributed by atoms with Crippen LogP contribution in [-0.4, -0.2) is 57.9 Å². The van der Waals surface area contributed by atoms with Crippen LogP contribution in [0.3, 0.4) is 0 Å². The van der Waals surface area contributed by atoms with E-state index in [-0.39, 0.29) is 6.61 Å². The molecule has 13 heteroatoms. The van der Waals surface area contributed by atoms with Gasteiger partial charge >= 0.3 is 0 Å². The summed E-state index contributed by atoms with van der Waals surface area (Å²) in [4.78, 5) is 9.84. The van der Waals surface area contributed by atoms with Crippen LogP contribution in [-0.2, 0) is 21.7 Å². The monoisotopic (exact) mass is 570 g/mol. The molecule has 1 N–H and O–H groups in total. The topological polar surface area (TPSA) is 123 Å². The second kappa shape index (κ2) is 9.45. The average molecular weight is 571 g/mol. The van der Waals surface area contributed by atoms with Crippen LogP contribution in [0.15, 0.2) is 34.2 Å². The van der Waals surface area contributed by atoms with Gasteiger partial charge in [-0.25, -0.2) is 9.97 Å². The molecule has 5 heterocycles. The third kappa shape index (κ3) is 4.34. The lowest BCUT2D eigenvalue weighted by Crippen LogP contribution is -2.42. The number of ether oxygens (including phenoxy) is 5. The number of benzene rings is 1. The molecule has 39 heavy (non-hydrogen) atoms. The summed E-state index contributed by atoms with van der Waals surface area (Å²) in [5.74, 6) is 1.25. The van der Waals surface area contributed by atoms with Crippen LogP contribution in [0.2, 0.25) is 0 Å². The molecule has 4 aromatic heterocycles. The van der Waals surface area contributed by atoms with Gasteiger partial charge < -0.3 is 33.2 Å². The molecular formula is C26H26N4O7S2. The van der Waals surface area contributed by atoms with Crippen molar-refractivity contribution in [2.45, 2.75) is 43.7 Å². The molecule has 0 amide bonds. The van der Waals surface area contributed by atoms with Gasteiger partial charge in [-0.05, 0) is 30.2 Å². The quantitative estimate of drug-likeness (QED) is 0.293. The highest BCUT2D eigenvalue weighted by Gasteiger charge is 2.47. The third-order valence-corrected chi connectivity index (χ3v) is 9.25. The van der Waals surface area contributed by atoms with Gasteiger partial charge in [0.05, 0.1) is 44.7 Å². The number of nitrogens with zero attached hydrogens (tertiary/aromatic N) is 4. The summed E-state index contributed by atoms with van der Waals surface area (Å²) >= 11 is 2.79. The second-order valence-corrected chi connectivity index (χ2v) is 11.4. The predicted octanol–water partition coefficient (Wildman–Crippen LogP) is 4.76. The smallest absolute Gasteiger partial charge is 0.294 e. The van der Waals surface area contributed by atoms with Gasteiger partial charge in [-0.3, -0.25) is 0 Å². The summed E-state index contributed by atoms with van der Waals surface area (Å²) < 4.78 is 36.4. The first-order valence-corrected chi connectivity index (χ1v) is 14.3. The van der Waals surface area contributed by atoms with E-state index in [2.05, 4.69) is 10.1 Å². The molecule has 0 bridgehead atoms. The highest BCUT2D eigenvalue weighted by molar-refractivity contribution is 7.18. The second-order valence-electron chi connectivity index (χ2n) is 9.63. The number of fused-ring (bicyclic) bond motifs is 2. The molecule has 5 aromatic rings. The summed E-state index contributed by atoms with van der Waals surface area (Å²) in [5.41, 5.74) is 1.06. The maximum absolute atomic E-state index is 11.3. The Labute approximate surface area is 230 Å². The third-order valence-electron chi connectivity index (χ3n) is 7.28. The van der Waals surface area contributed by atoms with Crippen LogP contribution in [0.25, 0.3) is 27.4 Å². The fourth-order valence-corrected chi connectivity index (χ4v) is 6.81. The molecule has 1 aromatic carbocycles. The van der Waals surface area contributed by atoms with E-state index >= 15 is 0 Å². The number of thiazole rings is 1. The van der Waals surface area contributed by atoms with Crippen molar-refractivity contribution >= 4 is 38.6 Å². The Kier molecular flexibility index (Phi) is 6.01. The van der Waals surface area contributed by atoms with E-state index < -0.39 is 11.4 Å². The van der Waals surface area contributed by atoms with Gasteiger partial charge in [0, 0.05) is 30.4 Å². The normalized spacial score (nSPS) is 18.3. The molecule has 11 nitrogen and oxygen atoms in total. The number of aromatic nitrogens is 4. The Morgan fingerprint density at radius 1 is 1.08 bits per heavy atom.